The molecule has 0 saturated heterocycles. The minimum Gasteiger partial charge on any atom is -0.481 e. The van der Waals surface area contributed by atoms with Crippen LogP contribution in [0.2, 0.25) is 0 Å². The largest absolute Gasteiger partial charge is 0.481 e. The van der Waals surface area contributed by atoms with E-state index in [0.29, 0.717) is 37.9 Å². The molecule has 110 valence electrons. The third-order valence-electron chi connectivity index (χ3n) is 2.74. The van der Waals surface area contributed by atoms with Crippen LogP contribution in [0.5, 0.6) is 0 Å². The van der Waals surface area contributed by atoms with Crippen molar-refractivity contribution >= 4 is 12.0 Å². The van der Waals surface area contributed by atoms with Crippen LogP contribution >= 0.6 is 0 Å². The van der Waals surface area contributed by atoms with E-state index in [4.69, 9.17) is 5.11 Å². The number of hydrogen-bond donors (Lipinski definition) is 3. The molecule has 0 bridgehead atoms. The van der Waals surface area contributed by atoms with Crippen LogP contribution in [0.25, 0.3) is 0 Å². The number of nitrogens with one attached hydrogen (secondary N) is 2. The Bertz CT molecular complexity index is 452. The lowest BCUT2D eigenvalue weighted by atomic mass is 10.1. The number of carbonyl (C=O) groups is 2. The quantitative estimate of drug-likeness (QED) is 0.637. The van der Waals surface area contributed by atoms with E-state index in [9.17, 15) is 14.0 Å². The predicted octanol–water partition coefficient (Wildman–Crippen LogP) is 1.92. The Morgan fingerprint density at radius 1 is 1.10 bits per heavy atom. The van der Waals surface area contributed by atoms with Crippen molar-refractivity contribution in [2.45, 2.75) is 25.7 Å². The average Bonchev–Trinajstić information content (AvgIpc) is 2.40. The molecule has 0 fully saturated rings. The standard InChI is InChI=1S/C14H19FN2O3/c15-12-6-2-1-5-11(12)8-10-17-14(20)16-9-4-3-7-13(18)19/h1-2,5-6H,3-4,7-10H2,(H,18,19)(H2,16,17,20). The van der Waals surface area contributed by atoms with Gasteiger partial charge in [0.05, 0.1) is 0 Å². The van der Waals surface area contributed by atoms with E-state index >= 15 is 0 Å². The molecule has 0 aromatic heterocycles. The summed E-state index contributed by atoms with van der Waals surface area (Å²) in [7, 11) is 0. The van der Waals surface area contributed by atoms with E-state index < -0.39 is 5.97 Å². The Kier molecular flexibility index (Phi) is 7.10. The van der Waals surface area contributed by atoms with Gasteiger partial charge < -0.3 is 15.7 Å². The van der Waals surface area contributed by atoms with E-state index in [0.717, 1.165) is 0 Å². The van der Waals surface area contributed by atoms with Crippen molar-refractivity contribution in [3.63, 3.8) is 0 Å². The van der Waals surface area contributed by atoms with Gasteiger partial charge >= 0.3 is 12.0 Å². The number of aliphatic carboxylic acids is 1. The molecule has 0 atom stereocenters. The number of carboxylic acids is 1. The molecule has 1 aromatic rings. The molecule has 0 aliphatic heterocycles. The molecule has 0 saturated carbocycles. The smallest absolute Gasteiger partial charge is 0.314 e. The fraction of sp³-hybridized carbons (Fsp3) is 0.429. The number of unbranched alkanes of at least 4 members (excludes halogenated alkanes) is 1. The molecule has 20 heavy (non-hydrogen) atoms. The second kappa shape index (κ2) is 8.90. The zero-order valence-electron chi connectivity index (χ0n) is 11.2. The van der Waals surface area contributed by atoms with Crippen molar-refractivity contribution in [3.05, 3.63) is 35.6 Å². The number of urea groups is 1. The molecule has 0 aliphatic rings. The lowest BCUT2D eigenvalue weighted by molar-refractivity contribution is -0.137. The molecule has 5 nitrogen and oxygen atoms in total. The van der Waals surface area contributed by atoms with E-state index in [1.54, 1.807) is 18.2 Å². The molecule has 3 N–H and O–H groups in total. The van der Waals surface area contributed by atoms with Crippen molar-refractivity contribution < 1.29 is 19.1 Å². The van der Waals surface area contributed by atoms with Gasteiger partial charge in [0.25, 0.3) is 0 Å². The van der Waals surface area contributed by atoms with Crippen molar-refractivity contribution in [1.29, 1.82) is 0 Å². The van der Waals surface area contributed by atoms with E-state index in [1.807, 2.05) is 0 Å². The highest BCUT2D eigenvalue weighted by atomic mass is 19.1. The molecule has 2 amide bonds. The fourth-order valence-corrected chi connectivity index (χ4v) is 1.68. The van der Waals surface area contributed by atoms with Gasteiger partial charge in [0.1, 0.15) is 5.82 Å². The first-order valence-corrected chi connectivity index (χ1v) is 6.56. The first-order valence-electron chi connectivity index (χ1n) is 6.56. The van der Waals surface area contributed by atoms with Crippen LogP contribution < -0.4 is 10.6 Å². The highest BCUT2D eigenvalue weighted by Gasteiger charge is 2.03. The van der Waals surface area contributed by atoms with Crippen LogP contribution in [0, 0.1) is 5.82 Å². The topological polar surface area (TPSA) is 78.4 Å². The predicted molar refractivity (Wildman–Crippen MR) is 73.0 cm³/mol. The Labute approximate surface area is 117 Å². The van der Waals surface area contributed by atoms with Crippen molar-refractivity contribution in [3.8, 4) is 0 Å². The van der Waals surface area contributed by atoms with Gasteiger partial charge in [-0.1, -0.05) is 18.2 Å². The van der Waals surface area contributed by atoms with Crippen molar-refractivity contribution in [1.82, 2.24) is 10.6 Å². The third-order valence-corrected chi connectivity index (χ3v) is 2.74. The van der Waals surface area contributed by atoms with Gasteiger partial charge in [-0.05, 0) is 30.9 Å². The first kappa shape index (κ1) is 15.9. The van der Waals surface area contributed by atoms with Crippen LogP contribution in [0.1, 0.15) is 24.8 Å². The molecule has 6 heteroatoms. The summed E-state index contributed by atoms with van der Waals surface area (Å²) >= 11 is 0. The van der Waals surface area contributed by atoms with Crippen LogP contribution in [0.15, 0.2) is 24.3 Å². The lowest BCUT2D eigenvalue weighted by Gasteiger charge is -2.07. The zero-order chi connectivity index (χ0) is 14.8. The number of carboxylic acid groups (broad SMARTS) is 1. The Morgan fingerprint density at radius 2 is 1.80 bits per heavy atom. The molecule has 0 aliphatic carbocycles. The molecule has 0 radical (unpaired) electrons. The van der Waals surface area contributed by atoms with Crippen molar-refractivity contribution in [2.75, 3.05) is 13.1 Å². The monoisotopic (exact) mass is 282 g/mol. The molecular formula is C14H19FN2O3. The summed E-state index contributed by atoms with van der Waals surface area (Å²) in [5, 5.41) is 13.7. The maximum atomic E-state index is 13.3. The number of amides is 2. The fourth-order valence-electron chi connectivity index (χ4n) is 1.68. The molecule has 0 heterocycles. The van der Waals surface area contributed by atoms with Crippen LogP contribution in [-0.4, -0.2) is 30.2 Å². The maximum absolute atomic E-state index is 13.3. The molecule has 0 spiro atoms. The zero-order valence-corrected chi connectivity index (χ0v) is 11.2. The van der Waals surface area contributed by atoms with E-state index in [-0.39, 0.29) is 18.3 Å². The third kappa shape index (κ3) is 6.72. The Balaban J connectivity index is 2.09. The number of halogens is 1. The molecule has 1 rings (SSSR count). The van der Waals surface area contributed by atoms with Gasteiger partial charge in [0.2, 0.25) is 0 Å². The summed E-state index contributed by atoms with van der Waals surface area (Å²) in [6.45, 7) is 0.778. The highest BCUT2D eigenvalue weighted by Crippen LogP contribution is 2.05. The van der Waals surface area contributed by atoms with E-state index in [2.05, 4.69) is 10.6 Å². The molecule has 1 aromatic carbocycles. The summed E-state index contributed by atoms with van der Waals surface area (Å²) in [4.78, 5) is 21.7. The number of hydrogen-bond acceptors (Lipinski definition) is 2. The van der Waals surface area contributed by atoms with Crippen LogP contribution in [0.3, 0.4) is 0 Å². The average molecular weight is 282 g/mol. The van der Waals surface area contributed by atoms with Crippen LogP contribution in [-0.2, 0) is 11.2 Å². The molecular weight excluding hydrogens is 263 g/mol. The summed E-state index contributed by atoms with van der Waals surface area (Å²) in [6.07, 6.45) is 1.69. The Hall–Kier alpha value is -2.11. The second-order valence-electron chi connectivity index (χ2n) is 4.37. The maximum Gasteiger partial charge on any atom is 0.314 e. The highest BCUT2D eigenvalue weighted by molar-refractivity contribution is 5.73. The van der Waals surface area contributed by atoms with Crippen LogP contribution in [0.4, 0.5) is 9.18 Å². The summed E-state index contributed by atoms with van der Waals surface area (Å²) in [6, 6.07) is 6.12. The van der Waals surface area contributed by atoms with E-state index in [1.165, 1.54) is 6.07 Å². The van der Waals surface area contributed by atoms with Gasteiger partial charge in [-0.2, -0.15) is 0 Å². The SMILES string of the molecule is O=C(O)CCCCNC(=O)NCCc1ccccc1F. The van der Waals surface area contributed by atoms with Gasteiger partial charge in [-0.3, -0.25) is 4.79 Å². The second-order valence-corrected chi connectivity index (χ2v) is 4.37. The van der Waals surface area contributed by atoms with Gasteiger partial charge in [0.15, 0.2) is 0 Å². The number of rotatable bonds is 8. The minimum atomic E-state index is -0.834. The first-order chi connectivity index (χ1) is 9.59. The van der Waals surface area contributed by atoms with Gasteiger partial charge in [-0.25, -0.2) is 9.18 Å². The molecule has 0 unspecified atom stereocenters. The lowest BCUT2D eigenvalue weighted by Crippen LogP contribution is -2.37. The number of benzene rings is 1. The Morgan fingerprint density at radius 3 is 2.50 bits per heavy atom. The normalized spacial score (nSPS) is 10.1. The van der Waals surface area contributed by atoms with Gasteiger partial charge in [0, 0.05) is 19.5 Å². The summed E-state index contributed by atoms with van der Waals surface area (Å²) < 4.78 is 13.3. The number of carbonyl (C=O) groups excluding carboxylic acids is 1. The summed E-state index contributed by atoms with van der Waals surface area (Å²) in [5.74, 6) is -1.11. The van der Waals surface area contributed by atoms with Gasteiger partial charge in [-0.15, -0.1) is 0 Å². The summed E-state index contributed by atoms with van der Waals surface area (Å²) in [5.41, 5.74) is 0.564. The minimum absolute atomic E-state index is 0.108. The van der Waals surface area contributed by atoms with Crippen molar-refractivity contribution in [2.24, 2.45) is 0 Å².